The Labute approximate surface area is 353 Å². The molecule has 2 saturated heterocycles. The van der Waals surface area contributed by atoms with E-state index in [-0.39, 0.29) is 31.2 Å². The minimum atomic E-state index is -0.920. The van der Waals surface area contributed by atoms with Crippen molar-refractivity contribution >= 4 is 45.8 Å². The van der Waals surface area contributed by atoms with E-state index in [1.165, 1.54) is 6.20 Å². The number of oxazole rings is 1. The molecular formula is C46H45Cl2N5O6. The van der Waals surface area contributed by atoms with Gasteiger partial charge in [-0.15, -0.1) is 0 Å². The van der Waals surface area contributed by atoms with Gasteiger partial charge in [-0.1, -0.05) is 72.6 Å². The van der Waals surface area contributed by atoms with Gasteiger partial charge in [0.2, 0.25) is 5.89 Å². The molecule has 0 bridgehead atoms. The maximum absolute atomic E-state index is 11.6. The number of carboxylic acids is 1. The highest BCUT2D eigenvalue weighted by atomic mass is 35.5. The third-order valence-electron chi connectivity index (χ3n) is 11.8. The van der Waals surface area contributed by atoms with E-state index in [0.717, 1.165) is 39.9 Å². The van der Waals surface area contributed by atoms with Crippen LogP contribution in [0.25, 0.3) is 16.7 Å². The molecule has 0 amide bonds. The standard InChI is InChI=1S/C46H45Cl2N5O6/c1-28-6-3-4-7-36(28)37-8-5-11-46(29(37)2,45-51-40-16-30(15-39(48)43(40)59-45)22-52-12-9-33(23-52)44(55)56)27-58-42-18-41(57-26-32-14-31(19-49)20-50-21-32)34(17-38(42)47)24-53-13-10-35(54)25-53/h3-8,11,14-18,20-21,29,33,35,54H,9-10,12-13,22-27H2,1-2H3,(H,55,56)/t29?,33-,35-,46?/m1/s1. The molecule has 13 heteroatoms. The van der Waals surface area contributed by atoms with Gasteiger partial charge < -0.3 is 24.1 Å². The quantitative estimate of drug-likeness (QED) is 0.118. The van der Waals surface area contributed by atoms with E-state index in [1.807, 2.05) is 36.4 Å². The van der Waals surface area contributed by atoms with Crippen molar-refractivity contribution in [1.29, 1.82) is 5.26 Å². The van der Waals surface area contributed by atoms with Crippen molar-refractivity contribution in [3.8, 4) is 17.6 Å². The Morgan fingerprint density at radius 1 is 1.00 bits per heavy atom. The minimum absolute atomic E-state index is 0.0977. The monoisotopic (exact) mass is 833 g/mol. The van der Waals surface area contributed by atoms with Crippen LogP contribution >= 0.6 is 23.2 Å². The first-order valence-corrected chi connectivity index (χ1v) is 20.6. The lowest BCUT2D eigenvalue weighted by atomic mass is 9.68. The maximum Gasteiger partial charge on any atom is 0.307 e. The van der Waals surface area contributed by atoms with E-state index in [4.69, 9.17) is 42.1 Å². The van der Waals surface area contributed by atoms with E-state index >= 15 is 0 Å². The first kappa shape index (κ1) is 40.6. The number of benzene rings is 3. The molecule has 0 saturated carbocycles. The number of carboxylic acid groups (broad SMARTS) is 1. The number of β-amino-alcohol motifs (C(OH)–C–C–N with tert-alkyl or cyclic N) is 1. The molecule has 3 aromatic carbocycles. The maximum atomic E-state index is 11.6. The fourth-order valence-electron chi connectivity index (χ4n) is 8.50. The number of nitriles is 1. The number of aryl methyl sites for hydroxylation is 1. The number of fused-ring (bicyclic) bond motifs is 1. The van der Waals surface area contributed by atoms with Gasteiger partial charge in [-0.3, -0.25) is 19.6 Å². The Morgan fingerprint density at radius 3 is 2.58 bits per heavy atom. The summed E-state index contributed by atoms with van der Waals surface area (Å²) < 4.78 is 19.8. The number of pyridine rings is 1. The van der Waals surface area contributed by atoms with Crippen LogP contribution in [0.2, 0.25) is 10.0 Å². The molecule has 4 atom stereocenters. The number of likely N-dealkylation sites (tertiary alicyclic amines) is 2. The molecule has 2 fully saturated rings. The molecule has 59 heavy (non-hydrogen) atoms. The van der Waals surface area contributed by atoms with Crippen LogP contribution in [0, 0.1) is 30.1 Å². The molecule has 2 unspecified atom stereocenters. The van der Waals surface area contributed by atoms with Crippen LogP contribution in [0.4, 0.5) is 0 Å². The van der Waals surface area contributed by atoms with Gasteiger partial charge in [-0.2, -0.15) is 5.26 Å². The predicted octanol–water partition coefficient (Wildman–Crippen LogP) is 8.37. The SMILES string of the molecule is Cc1ccccc1C1=CC=CC(COc2cc(OCc3cncc(C#N)c3)c(CN3CC[C@@H](O)C3)cc2Cl)(c2nc3cc(CN4CC[C@@H](C(=O)O)C4)cc(Cl)c3o2)C1C. The summed E-state index contributed by atoms with van der Waals surface area (Å²) in [6, 6.07) is 19.6. The second kappa shape index (κ2) is 17.2. The molecule has 5 aromatic rings. The first-order valence-electron chi connectivity index (χ1n) is 19.8. The summed E-state index contributed by atoms with van der Waals surface area (Å²) in [6.07, 6.45) is 10.3. The lowest BCUT2D eigenvalue weighted by Crippen LogP contribution is -2.40. The number of aromatic nitrogens is 2. The number of rotatable bonds is 13. The van der Waals surface area contributed by atoms with E-state index in [1.54, 1.807) is 18.3 Å². The molecule has 2 aromatic heterocycles. The van der Waals surface area contributed by atoms with E-state index in [2.05, 4.69) is 59.0 Å². The van der Waals surface area contributed by atoms with Gasteiger partial charge >= 0.3 is 5.97 Å². The Bertz CT molecular complexity index is 2500. The fraction of sp³-hybridized carbons (Fsp3) is 0.348. The molecule has 4 heterocycles. The van der Waals surface area contributed by atoms with Crippen molar-refractivity contribution in [2.45, 2.75) is 57.9 Å². The molecule has 2 N–H and O–H groups in total. The fourth-order valence-corrected chi connectivity index (χ4v) is 9.02. The molecule has 11 nitrogen and oxygen atoms in total. The van der Waals surface area contributed by atoms with Crippen molar-refractivity contribution in [2.75, 3.05) is 32.8 Å². The van der Waals surface area contributed by atoms with E-state index in [0.29, 0.717) is 89.7 Å². The number of allylic oxidation sites excluding steroid dienone is 3. The second-order valence-corrected chi connectivity index (χ2v) is 16.7. The number of carbonyl (C=O) groups is 1. The number of aliphatic hydroxyl groups excluding tert-OH is 1. The van der Waals surface area contributed by atoms with Gasteiger partial charge in [0.05, 0.1) is 27.6 Å². The molecule has 2 aliphatic heterocycles. The normalized spacial score (nSPS) is 22.1. The largest absolute Gasteiger partial charge is 0.490 e. The van der Waals surface area contributed by atoms with Gasteiger partial charge in [0.15, 0.2) is 5.58 Å². The molecule has 0 spiro atoms. The average molecular weight is 835 g/mol. The number of aliphatic carboxylic acids is 1. The Hall–Kier alpha value is -5.22. The summed E-state index contributed by atoms with van der Waals surface area (Å²) in [7, 11) is 0. The zero-order chi connectivity index (χ0) is 41.3. The minimum Gasteiger partial charge on any atom is -0.490 e. The molecule has 304 valence electrons. The number of ether oxygens (including phenoxy) is 2. The molecule has 0 radical (unpaired) electrons. The highest BCUT2D eigenvalue weighted by Crippen LogP contribution is 2.47. The first-order chi connectivity index (χ1) is 28.5. The highest BCUT2D eigenvalue weighted by Gasteiger charge is 2.45. The van der Waals surface area contributed by atoms with Crippen LogP contribution in [-0.4, -0.2) is 74.8 Å². The van der Waals surface area contributed by atoms with Crippen molar-refractivity contribution in [3.05, 3.63) is 135 Å². The van der Waals surface area contributed by atoms with Crippen molar-refractivity contribution in [1.82, 2.24) is 19.8 Å². The van der Waals surface area contributed by atoms with E-state index in [9.17, 15) is 20.3 Å². The molecule has 3 aliphatic rings. The zero-order valence-corrected chi connectivity index (χ0v) is 34.4. The van der Waals surface area contributed by atoms with Crippen molar-refractivity contribution in [2.24, 2.45) is 11.8 Å². The third kappa shape index (κ3) is 8.60. The summed E-state index contributed by atoms with van der Waals surface area (Å²) in [6.45, 7) is 8.03. The van der Waals surface area contributed by atoms with Gasteiger partial charge in [0, 0.05) is 68.2 Å². The van der Waals surface area contributed by atoms with Gasteiger partial charge in [-0.25, -0.2) is 4.98 Å². The smallest absolute Gasteiger partial charge is 0.307 e. The lowest BCUT2D eigenvalue weighted by molar-refractivity contribution is -0.141. The van der Waals surface area contributed by atoms with Crippen LogP contribution in [0.1, 0.15) is 59.0 Å². The zero-order valence-electron chi connectivity index (χ0n) is 32.9. The molecule has 1 aliphatic carbocycles. The molecular weight excluding hydrogens is 789 g/mol. The van der Waals surface area contributed by atoms with Gasteiger partial charge in [0.25, 0.3) is 0 Å². The Balaban J connectivity index is 1.14. The Kier molecular flexibility index (Phi) is 11.8. The summed E-state index contributed by atoms with van der Waals surface area (Å²) in [5, 5.41) is 30.0. The van der Waals surface area contributed by atoms with Gasteiger partial charge in [-0.05, 0) is 72.8 Å². The third-order valence-corrected chi connectivity index (χ3v) is 12.4. The summed E-state index contributed by atoms with van der Waals surface area (Å²) >= 11 is 14.0. The predicted molar refractivity (Wildman–Crippen MR) is 225 cm³/mol. The molecule has 8 rings (SSSR count). The van der Waals surface area contributed by atoms with Crippen LogP contribution in [0.3, 0.4) is 0 Å². The van der Waals surface area contributed by atoms with Crippen LogP contribution in [0.5, 0.6) is 11.5 Å². The topological polar surface area (TPSA) is 145 Å². The van der Waals surface area contributed by atoms with Crippen molar-refractivity contribution in [3.63, 3.8) is 0 Å². The number of hydrogen-bond acceptors (Lipinski definition) is 10. The van der Waals surface area contributed by atoms with Crippen LogP contribution in [0.15, 0.2) is 89.6 Å². The van der Waals surface area contributed by atoms with E-state index < -0.39 is 11.4 Å². The van der Waals surface area contributed by atoms with Crippen LogP contribution < -0.4 is 9.47 Å². The summed E-state index contributed by atoms with van der Waals surface area (Å²) in [5.74, 6) is 0.0596. The second-order valence-electron chi connectivity index (χ2n) is 15.9. The number of aliphatic hydroxyl groups is 1. The number of nitrogens with zero attached hydrogens (tertiary/aromatic N) is 5. The lowest BCUT2D eigenvalue weighted by Gasteiger charge is -2.37. The summed E-state index contributed by atoms with van der Waals surface area (Å²) in [4.78, 5) is 25.2. The van der Waals surface area contributed by atoms with Crippen molar-refractivity contribution < 1.29 is 28.9 Å². The Morgan fingerprint density at radius 2 is 1.81 bits per heavy atom. The number of halogens is 2. The summed E-state index contributed by atoms with van der Waals surface area (Å²) in [5.41, 5.74) is 6.41. The average Bonchev–Trinajstić information content (AvgIpc) is 3.99. The number of hydrogen-bond donors (Lipinski definition) is 2. The van der Waals surface area contributed by atoms with Crippen LogP contribution in [-0.2, 0) is 29.9 Å². The van der Waals surface area contributed by atoms with Gasteiger partial charge in [0.1, 0.15) is 41.7 Å². The highest BCUT2D eigenvalue weighted by molar-refractivity contribution is 6.34.